The molecule has 0 spiro atoms. The number of carbonyl (C=O) groups excluding carboxylic acids is 2. The summed E-state index contributed by atoms with van der Waals surface area (Å²) in [6, 6.07) is 4.76. The Balaban J connectivity index is 1.96. The number of hydrogen-bond donors (Lipinski definition) is 1. The number of hydrogen-bond acceptors (Lipinski definition) is 4. The molecule has 6 nitrogen and oxygen atoms in total. The van der Waals surface area contributed by atoms with Crippen molar-refractivity contribution in [1.82, 2.24) is 4.90 Å². The topological polar surface area (TPSA) is 61.9 Å². The number of halogens is 1. The second-order valence-electron chi connectivity index (χ2n) is 7.24. The largest absolute Gasteiger partial charge is 0.444 e. The molecule has 1 saturated heterocycles. The summed E-state index contributed by atoms with van der Waals surface area (Å²) in [7, 11) is 1.85. The number of rotatable bonds is 4. The van der Waals surface area contributed by atoms with Crippen LogP contribution < -0.4 is 10.2 Å². The van der Waals surface area contributed by atoms with E-state index in [0.29, 0.717) is 30.9 Å². The summed E-state index contributed by atoms with van der Waals surface area (Å²) in [5, 5.41) is 2.43. The fraction of sp³-hybridized carbons (Fsp3) is 0.556. The van der Waals surface area contributed by atoms with Gasteiger partial charge in [0.2, 0.25) is 6.41 Å². The third kappa shape index (κ3) is 5.08. The molecule has 0 saturated carbocycles. The van der Waals surface area contributed by atoms with Crippen molar-refractivity contribution < 1.29 is 18.7 Å². The average molecular weight is 351 g/mol. The zero-order valence-electron chi connectivity index (χ0n) is 15.2. The quantitative estimate of drug-likeness (QED) is 0.846. The lowest BCUT2D eigenvalue weighted by Crippen LogP contribution is -2.47. The molecule has 2 rings (SSSR count). The maximum Gasteiger partial charge on any atom is 0.410 e. The highest BCUT2D eigenvalue weighted by molar-refractivity contribution is 5.72. The van der Waals surface area contributed by atoms with E-state index in [2.05, 4.69) is 5.32 Å². The molecule has 0 radical (unpaired) electrons. The Kier molecular flexibility index (Phi) is 5.87. The maximum absolute atomic E-state index is 14.3. The Hall–Kier alpha value is -2.31. The number of anilines is 2. The summed E-state index contributed by atoms with van der Waals surface area (Å²) in [6.07, 6.45) is 1.70. The van der Waals surface area contributed by atoms with Crippen molar-refractivity contribution in [3.05, 3.63) is 24.0 Å². The molecule has 0 atom stereocenters. The third-order valence-electron chi connectivity index (χ3n) is 4.22. The highest BCUT2D eigenvalue weighted by atomic mass is 19.1. The Morgan fingerprint density at radius 3 is 2.52 bits per heavy atom. The van der Waals surface area contributed by atoms with Crippen LogP contribution in [0.4, 0.5) is 20.6 Å². The molecule has 1 N–H and O–H groups in total. The highest BCUT2D eigenvalue weighted by Gasteiger charge is 2.29. The molecular formula is C18H26FN3O3. The first-order valence-electron chi connectivity index (χ1n) is 8.42. The first-order valence-corrected chi connectivity index (χ1v) is 8.42. The van der Waals surface area contributed by atoms with Crippen molar-refractivity contribution >= 4 is 23.9 Å². The molecule has 25 heavy (non-hydrogen) atoms. The third-order valence-corrected chi connectivity index (χ3v) is 4.22. The predicted octanol–water partition coefficient (Wildman–Crippen LogP) is 3.23. The van der Waals surface area contributed by atoms with Crippen molar-refractivity contribution in [3.63, 3.8) is 0 Å². The van der Waals surface area contributed by atoms with E-state index < -0.39 is 5.60 Å². The first-order chi connectivity index (χ1) is 11.7. The smallest absolute Gasteiger partial charge is 0.410 e. The zero-order valence-corrected chi connectivity index (χ0v) is 15.2. The van der Waals surface area contributed by atoms with Crippen LogP contribution in [0.3, 0.4) is 0 Å². The second-order valence-corrected chi connectivity index (χ2v) is 7.24. The van der Waals surface area contributed by atoms with E-state index >= 15 is 0 Å². The molecular weight excluding hydrogens is 325 g/mol. The van der Waals surface area contributed by atoms with Crippen LogP contribution in [0.25, 0.3) is 0 Å². The molecule has 1 heterocycles. The molecule has 0 aromatic heterocycles. The Morgan fingerprint density at radius 2 is 2.00 bits per heavy atom. The summed E-state index contributed by atoms with van der Waals surface area (Å²) in [6.45, 7) is 6.69. The minimum absolute atomic E-state index is 0.137. The molecule has 1 aromatic carbocycles. The Morgan fingerprint density at radius 1 is 1.36 bits per heavy atom. The van der Waals surface area contributed by atoms with Gasteiger partial charge in [-0.25, -0.2) is 9.18 Å². The van der Waals surface area contributed by atoms with E-state index in [-0.39, 0.29) is 18.0 Å². The van der Waals surface area contributed by atoms with Gasteiger partial charge in [-0.2, -0.15) is 0 Å². The number of piperidine rings is 1. The minimum Gasteiger partial charge on any atom is -0.444 e. The van der Waals surface area contributed by atoms with Crippen molar-refractivity contribution in [2.24, 2.45) is 0 Å². The predicted molar refractivity (Wildman–Crippen MR) is 95.3 cm³/mol. The van der Waals surface area contributed by atoms with E-state index in [1.807, 2.05) is 32.7 Å². The van der Waals surface area contributed by atoms with Gasteiger partial charge in [0.05, 0.1) is 5.69 Å². The summed E-state index contributed by atoms with van der Waals surface area (Å²) in [4.78, 5) is 26.1. The van der Waals surface area contributed by atoms with E-state index in [9.17, 15) is 14.0 Å². The molecule has 1 fully saturated rings. The van der Waals surface area contributed by atoms with Gasteiger partial charge in [-0.05, 0) is 51.8 Å². The van der Waals surface area contributed by atoms with Crippen LogP contribution in [0.5, 0.6) is 0 Å². The number of carbonyl (C=O) groups is 2. The maximum atomic E-state index is 14.3. The van der Waals surface area contributed by atoms with E-state index in [1.54, 1.807) is 17.0 Å². The van der Waals surface area contributed by atoms with Crippen molar-refractivity contribution in [1.29, 1.82) is 0 Å². The Bertz CT molecular complexity index is 622. The normalized spacial score (nSPS) is 15.6. The number of amides is 2. The molecule has 0 aliphatic carbocycles. The standard InChI is InChI=1S/C18H26FN3O3/c1-18(2,3)25-17(24)22-9-7-14(8-10-22)21(4)16-6-5-13(20-12-23)11-15(16)19/h5-6,11-12,14H,7-10H2,1-4H3,(H,20,23). The van der Waals surface area contributed by atoms with Gasteiger partial charge in [0.1, 0.15) is 11.4 Å². The monoisotopic (exact) mass is 351 g/mol. The van der Waals surface area contributed by atoms with Crippen LogP contribution in [0.2, 0.25) is 0 Å². The molecule has 7 heteroatoms. The fourth-order valence-corrected chi connectivity index (χ4v) is 2.91. The molecule has 1 aliphatic rings. The fourth-order valence-electron chi connectivity index (χ4n) is 2.91. The zero-order chi connectivity index (χ0) is 18.6. The van der Waals surface area contributed by atoms with Gasteiger partial charge in [-0.15, -0.1) is 0 Å². The number of nitrogens with one attached hydrogen (secondary N) is 1. The molecule has 0 bridgehead atoms. The molecule has 1 aliphatic heterocycles. The summed E-state index contributed by atoms with van der Waals surface area (Å²) >= 11 is 0. The number of benzene rings is 1. The Labute approximate surface area is 147 Å². The van der Waals surface area contributed by atoms with Gasteiger partial charge < -0.3 is 19.9 Å². The van der Waals surface area contributed by atoms with Gasteiger partial charge >= 0.3 is 6.09 Å². The van der Waals surface area contributed by atoms with Gasteiger partial charge in [-0.3, -0.25) is 4.79 Å². The van der Waals surface area contributed by atoms with Gasteiger partial charge in [-0.1, -0.05) is 0 Å². The summed E-state index contributed by atoms with van der Waals surface area (Å²) < 4.78 is 19.7. The minimum atomic E-state index is -0.509. The second kappa shape index (κ2) is 7.72. The van der Waals surface area contributed by atoms with Crippen LogP contribution in [0.1, 0.15) is 33.6 Å². The van der Waals surface area contributed by atoms with Crippen molar-refractivity contribution in [3.8, 4) is 0 Å². The lowest BCUT2D eigenvalue weighted by molar-refractivity contribution is -0.105. The van der Waals surface area contributed by atoms with Gasteiger partial charge in [0.15, 0.2) is 0 Å². The number of nitrogens with zero attached hydrogens (tertiary/aromatic N) is 2. The first kappa shape index (κ1) is 19.0. The highest BCUT2D eigenvalue weighted by Crippen LogP contribution is 2.27. The molecule has 1 aromatic rings. The molecule has 2 amide bonds. The van der Waals surface area contributed by atoms with E-state index in [4.69, 9.17) is 4.74 Å². The van der Waals surface area contributed by atoms with Crippen LogP contribution in [-0.2, 0) is 9.53 Å². The van der Waals surface area contributed by atoms with Crippen LogP contribution in [0.15, 0.2) is 18.2 Å². The van der Waals surface area contributed by atoms with E-state index in [0.717, 1.165) is 12.8 Å². The molecule has 138 valence electrons. The van der Waals surface area contributed by atoms with Gasteiger partial charge in [0.25, 0.3) is 0 Å². The van der Waals surface area contributed by atoms with Crippen molar-refractivity contribution in [2.45, 2.75) is 45.3 Å². The SMILES string of the molecule is CN(c1ccc(NC=O)cc1F)C1CCN(C(=O)OC(C)(C)C)CC1. The number of likely N-dealkylation sites (tertiary alicyclic amines) is 1. The number of ether oxygens (including phenoxy) is 1. The van der Waals surface area contributed by atoms with Crippen molar-refractivity contribution in [2.75, 3.05) is 30.4 Å². The van der Waals surface area contributed by atoms with Crippen LogP contribution >= 0.6 is 0 Å². The van der Waals surface area contributed by atoms with Gasteiger partial charge in [0, 0.05) is 31.9 Å². The summed E-state index contributed by atoms with van der Waals surface area (Å²) in [5.41, 5.74) is 0.391. The van der Waals surface area contributed by atoms with Crippen LogP contribution in [-0.4, -0.2) is 49.2 Å². The lowest BCUT2D eigenvalue weighted by Gasteiger charge is -2.38. The molecule has 0 unspecified atom stereocenters. The summed E-state index contributed by atoms with van der Waals surface area (Å²) in [5.74, 6) is -0.385. The average Bonchev–Trinajstić information content (AvgIpc) is 2.53. The van der Waals surface area contributed by atoms with Crippen LogP contribution in [0, 0.1) is 5.82 Å². The lowest BCUT2D eigenvalue weighted by atomic mass is 10.0. The van der Waals surface area contributed by atoms with E-state index in [1.165, 1.54) is 6.07 Å².